The number of ether oxygens (including phenoxy) is 1. The molecule has 0 saturated heterocycles. The number of rotatable bonds is 9. The predicted molar refractivity (Wildman–Crippen MR) is 119 cm³/mol. The summed E-state index contributed by atoms with van der Waals surface area (Å²) < 4.78 is 5.24. The van der Waals surface area contributed by atoms with Gasteiger partial charge in [-0.05, 0) is 66.5 Å². The molecular weight excluding hydrogens is 350 g/mol. The van der Waals surface area contributed by atoms with Gasteiger partial charge in [0.15, 0.2) is 0 Å². The van der Waals surface area contributed by atoms with Gasteiger partial charge in [0.25, 0.3) is 0 Å². The fourth-order valence-electron chi connectivity index (χ4n) is 3.33. The van der Waals surface area contributed by atoms with Crippen LogP contribution in [0.2, 0.25) is 0 Å². The Labute approximate surface area is 167 Å². The lowest BCUT2D eigenvalue weighted by molar-refractivity contribution is 0.409. The van der Waals surface area contributed by atoms with Crippen molar-refractivity contribution in [2.24, 2.45) is 0 Å². The maximum Gasteiger partial charge on any atom is 0.118 e. The van der Waals surface area contributed by atoms with Gasteiger partial charge >= 0.3 is 0 Å². The first-order valence-electron chi connectivity index (χ1n) is 9.50. The number of fused-ring (bicyclic) bond motifs is 1. The van der Waals surface area contributed by atoms with E-state index in [0.29, 0.717) is 0 Å². The summed E-state index contributed by atoms with van der Waals surface area (Å²) in [5.74, 6) is 3.00. The van der Waals surface area contributed by atoms with Gasteiger partial charge in [0.1, 0.15) is 5.75 Å². The van der Waals surface area contributed by atoms with E-state index in [2.05, 4.69) is 73.8 Å². The molecule has 0 bridgehead atoms. The van der Waals surface area contributed by atoms with Crippen LogP contribution < -0.4 is 10.1 Å². The Morgan fingerprint density at radius 2 is 1.67 bits per heavy atom. The number of thioether (sulfide) groups is 1. The monoisotopic (exact) mass is 379 g/mol. The minimum Gasteiger partial charge on any atom is -0.497 e. The van der Waals surface area contributed by atoms with Gasteiger partial charge in [0.05, 0.1) is 7.11 Å². The fourth-order valence-corrected chi connectivity index (χ4v) is 4.33. The molecular formula is C24H29NOS. The van der Waals surface area contributed by atoms with Gasteiger partial charge in [-0.25, -0.2) is 0 Å². The zero-order valence-electron chi connectivity index (χ0n) is 16.5. The second kappa shape index (κ2) is 9.29. The van der Waals surface area contributed by atoms with E-state index in [-0.39, 0.29) is 5.54 Å². The van der Waals surface area contributed by atoms with Crippen LogP contribution in [0, 0.1) is 0 Å². The number of methoxy groups -OCH3 is 1. The second-order valence-corrected chi connectivity index (χ2v) is 8.63. The number of hydrogen-bond donors (Lipinski definition) is 1. The molecule has 0 fully saturated rings. The highest BCUT2D eigenvalue weighted by Gasteiger charge is 2.17. The van der Waals surface area contributed by atoms with E-state index in [0.717, 1.165) is 30.2 Å². The van der Waals surface area contributed by atoms with Crippen LogP contribution in [-0.2, 0) is 12.8 Å². The van der Waals surface area contributed by atoms with Crippen LogP contribution in [0.1, 0.15) is 25.0 Å². The molecule has 3 rings (SSSR count). The first-order valence-corrected chi connectivity index (χ1v) is 10.7. The minimum absolute atomic E-state index is 0.0705. The topological polar surface area (TPSA) is 21.3 Å². The highest BCUT2D eigenvalue weighted by Crippen LogP contribution is 2.21. The average molecular weight is 380 g/mol. The van der Waals surface area contributed by atoms with Crippen LogP contribution in [0.25, 0.3) is 10.8 Å². The van der Waals surface area contributed by atoms with E-state index in [4.69, 9.17) is 4.74 Å². The number of benzene rings is 3. The van der Waals surface area contributed by atoms with Crippen LogP contribution in [0.3, 0.4) is 0 Å². The molecule has 0 aliphatic heterocycles. The lowest BCUT2D eigenvalue weighted by atomic mass is 9.95. The summed E-state index contributed by atoms with van der Waals surface area (Å²) in [4.78, 5) is 0. The largest absolute Gasteiger partial charge is 0.497 e. The van der Waals surface area contributed by atoms with Crippen molar-refractivity contribution < 1.29 is 4.74 Å². The molecule has 0 aromatic heterocycles. The molecule has 0 aliphatic carbocycles. The molecule has 1 N–H and O–H groups in total. The summed E-state index contributed by atoms with van der Waals surface area (Å²) in [5, 5.41) is 6.41. The van der Waals surface area contributed by atoms with Crippen molar-refractivity contribution in [2.75, 3.05) is 18.7 Å². The van der Waals surface area contributed by atoms with E-state index >= 15 is 0 Å². The Balaban J connectivity index is 1.44. The third-order valence-corrected chi connectivity index (χ3v) is 5.69. The molecule has 27 heavy (non-hydrogen) atoms. The zero-order valence-corrected chi connectivity index (χ0v) is 17.3. The molecule has 0 heterocycles. The normalized spacial score (nSPS) is 11.7. The van der Waals surface area contributed by atoms with Gasteiger partial charge in [-0.2, -0.15) is 0 Å². The molecule has 3 heteroatoms. The molecule has 3 aromatic rings. The average Bonchev–Trinajstić information content (AvgIpc) is 2.68. The highest BCUT2D eigenvalue weighted by molar-refractivity contribution is 7.99. The van der Waals surface area contributed by atoms with Crippen molar-refractivity contribution in [2.45, 2.75) is 32.2 Å². The van der Waals surface area contributed by atoms with E-state index in [1.54, 1.807) is 7.11 Å². The fraction of sp³-hybridized carbons (Fsp3) is 0.333. The molecule has 0 saturated carbocycles. The van der Waals surface area contributed by atoms with E-state index in [1.165, 1.54) is 21.9 Å². The summed E-state index contributed by atoms with van der Waals surface area (Å²) in [6.45, 7) is 4.53. The maximum atomic E-state index is 5.24. The summed E-state index contributed by atoms with van der Waals surface area (Å²) in [6, 6.07) is 23.6. The third kappa shape index (κ3) is 5.75. The molecule has 0 atom stereocenters. The van der Waals surface area contributed by atoms with Gasteiger partial charge in [-0.15, -0.1) is 11.8 Å². The van der Waals surface area contributed by atoms with Gasteiger partial charge in [-0.3, -0.25) is 0 Å². The third-order valence-electron chi connectivity index (χ3n) is 4.85. The Morgan fingerprint density at radius 1 is 0.926 bits per heavy atom. The van der Waals surface area contributed by atoms with E-state index < -0.39 is 0 Å². The minimum atomic E-state index is 0.0705. The van der Waals surface area contributed by atoms with Crippen molar-refractivity contribution in [3.05, 3.63) is 77.9 Å². The van der Waals surface area contributed by atoms with Crippen molar-refractivity contribution in [3.8, 4) is 5.75 Å². The molecule has 0 aliphatic rings. The SMILES string of the molecule is COc1ccc(CC(C)(C)NCSCCc2cccc3ccccc23)cc1. The van der Waals surface area contributed by atoms with Crippen LogP contribution in [0.4, 0.5) is 0 Å². The highest BCUT2D eigenvalue weighted by atomic mass is 32.2. The van der Waals surface area contributed by atoms with Gasteiger partial charge in [-0.1, -0.05) is 54.6 Å². The summed E-state index contributed by atoms with van der Waals surface area (Å²) in [6.07, 6.45) is 2.10. The second-order valence-electron chi connectivity index (χ2n) is 7.53. The van der Waals surface area contributed by atoms with Gasteiger partial charge < -0.3 is 10.1 Å². The number of nitrogens with one attached hydrogen (secondary N) is 1. The van der Waals surface area contributed by atoms with Crippen molar-refractivity contribution >= 4 is 22.5 Å². The number of aryl methyl sites for hydroxylation is 1. The van der Waals surface area contributed by atoms with Crippen LogP contribution in [0.15, 0.2) is 66.7 Å². The predicted octanol–water partition coefficient (Wildman–Crippen LogP) is 5.69. The molecule has 0 radical (unpaired) electrons. The summed E-state index contributed by atoms with van der Waals surface area (Å²) in [5.41, 5.74) is 2.84. The van der Waals surface area contributed by atoms with Gasteiger partial charge in [0.2, 0.25) is 0 Å². The Morgan fingerprint density at radius 3 is 2.44 bits per heavy atom. The lowest BCUT2D eigenvalue weighted by Gasteiger charge is -2.26. The molecule has 2 nitrogen and oxygen atoms in total. The number of hydrogen-bond acceptors (Lipinski definition) is 3. The quantitative estimate of drug-likeness (QED) is 0.381. The van der Waals surface area contributed by atoms with E-state index in [1.807, 2.05) is 23.9 Å². The standard InChI is InChI=1S/C24H29NOS/c1-24(2,17-19-11-13-22(26-3)14-12-19)25-18-27-16-15-21-9-6-8-20-7-4-5-10-23(20)21/h4-14,25H,15-18H2,1-3H3. The first-order chi connectivity index (χ1) is 13.1. The lowest BCUT2D eigenvalue weighted by Crippen LogP contribution is -2.41. The smallest absolute Gasteiger partial charge is 0.118 e. The zero-order chi connectivity index (χ0) is 19.1. The van der Waals surface area contributed by atoms with Crippen molar-refractivity contribution in [1.29, 1.82) is 0 Å². The molecule has 0 amide bonds. The van der Waals surface area contributed by atoms with Crippen LogP contribution in [0.5, 0.6) is 5.75 Å². The maximum absolute atomic E-state index is 5.24. The van der Waals surface area contributed by atoms with Crippen LogP contribution >= 0.6 is 11.8 Å². The van der Waals surface area contributed by atoms with Gasteiger partial charge in [0, 0.05) is 11.4 Å². The molecule has 0 unspecified atom stereocenters. The van der Waals surface area contributed by atoms with Crippen molar-refractivity contribution in [3.63, 3.8) is 0 Å². The van der Waals surface area contributed by atoms with Crippen LogP contribution in [-0.4, -0.2) is 24.3 Å². The Bertz CT molecular complexity index is 852. The summed E-state index contributed by atoms with van der Waals surface area (Å²) >= 11 is 1.97. The molecule has 142 valence electrons. The van der Waals surface area contributed by atoms with Crippen molar-refractivity contribution in [1.82, 2.24) is 5.32 Å². The Kier molecular flexibility index (Phi) is 6.81. The molecule has 3 aromatic carbocycles. The Hall–Kier alpha value is -1.97. The molecule has 0 spiro atoms. The summed E-state index contributed by atoms with van der Waals surface area (Å²) in [7, 11) is 1.70. The first kappa shape index (κ1) is 19.8. The van der Waals surface area contributed by atoms with E-state index in [9.17, 15) is 0 Å².